The van der Waals surface area contributed by atoms with Crippen molar-refractivity contribution in [3.05, 3.63) is 144 Å². The summed E-state index contributed by atoms with van der Waals surface area (Å²) in [5.41, 5.74) is 4.07. The second kappa shape index (κ2) is 18.0. The minimum atomic E-state index is -1.39. The van der Waals surface area contributed by atoms with E-state index in [1.807, 2.05) is 156 Å². The Morgan fingerprint density at radius 3 is 1.48 bits per heavy atom. The zero-order chi connectivity index (χ0) is 40.2. The molecule has 0 saturated carbocycles. The van der Waals surface area contributed by atoms with Crippen LogP contribution in [0.5, 0.6) is 0 Å². The van der Waals surface area contributed by atoms with Crippen LogP contribution in [0.25, 0.3) is 0 Å². The highest BCUT2D eigenvalue weighted by Gasteiger charge is 2.62. The molecule has 0 N–H and O–H groups in total. The van der Waals surface area contributed by atoms with Gasteiger partial charge in [-0.15, -0.1) is 0 Å². The number of rotatable bonds is 16. The van der Waals surface area contributed by atoms with Gasteiger partial charge in [0.05, 0.1) is 39.6 Å². The van der Waals surface area contributed by atoms with Crippen molar-refractivity contribution >= 4 is 0 Å². The van der Waals surface area contributed by atoms with Gasteiger partial charge in [0, 0.05) is 0 Å². The van der Waals surface area contributed by atoms with E-state index in [1.165, 1.54) is 0 Å². The summed E-state index contributed by atoms with van der Waals surface area (Å²) in [4.78, 5) is 0. The van der Waals surface area contributed by atoms with E-state index < -0.39 is 72.5 Å². The molecule has 0 bridgehead atoms. The van der Waals surface area contributed by atoms with E-state index in [1.54, 1.807) is 0 Å². The van der Waals surface area contributed by atoms with Crippen LogP contribution >= 0.6 is 0 Å². The summed E-state index contributed by atoms with van der Waals surface area (Å²) in [6.07, 6.45) is -5.37. The molecule has 11 heteroatoms. The molecule has 58 heavy (non-hydrogen) atoms. The van der Waals surface area contributed by atoms with Gasteiger partial charge < -0.3 is 52.1 Å². The number of ether oxygens (including phenoxy) is 11. The zero-order valence-corrected chi connectivity index (χ0v) is 34.0. The van der Waals surface area contributed by atoms with E-state index in [0.29, 0.717) is 19.8 Å². The Balaban J connectivity index is 1.12. The first-order valence-corrected chi connectivity index (χ1v) is 20.3. The van der Waals surface area contributed by atoms with Crippen molar-refractivity contribution < 1.29 is 52.1 Å². The van der Waals surface area contributed by atoms with Crippen molar-refractivity contribution in [1.29, 1.82) is 0 Å². The van der Waals surface area contributed by atoms with Crippen molar-refractivity contribution in [1.82, 2.24) is 0 Å². The largest absolute Gasteiger partial charge is 0.374 e. The van der Waals surface area contributed by atoms with Crippen LogP contribution in [0.1, 0.15) is 56.9 Å². The van der Waals surface area contributed by atoms with Crippen LogP contribution in [0, 0.1) is 0 Å². The van der Waals surface area contributed by atoms with E-state index in [2.05, 4.69) is 0 Å². The predicted octanol–water partition coefficient (Wildman–Crippen LogP) is 7.49. The third-order valence-corrected chi connectivity index (χ3v) is 10.9. The number of benzene rings is 4. The maximum absolute atomic E-state index is 7.10. The molecule has 10 atom stereocenters. The molecule has 4 fully saturated rings. The smallest absolute Gasteiger partial charge is 0.195 e. The molecule has 4 aliphatic rings. The van der Waals surface area contributed by atoms with Crippen LogP contribution < -0.4 is 0 Å². The van der Waals surface area contributed by atoms with E-state index in [-0.39, 0.29) is 19.8 Å². The van der Waals surface area contributed by atoms with Crippen molar-refractivity contribution in [3.63, 3.8) is 0 Å². The molecule has 0 aliphatic carbocycles. The number of fused-ring (bicyclic) bond motifs is 3. The monoisotopic (exact) mass is 796 g/mol. The van der Waals surface area contributed by atoms with E-state index in [9.17, 15) is 0 Å². The van der Waals surface area contributed by atoms with Gasteiger partial charge in [-0.05, 0) is 56.9 Å². The molecule has 310 valence electrons. The van der Waals surface area contributed by atoms with E-state index >= 15 is 0 Å². The lowest BCUT2D eigenvalue weighted by Crippen LogP contribution is -2.67. The highest BCUT2D eigenvalue weighted by Crippen LogP contribution is 2.45. The van der Waals surface area contributed by atoms with E-state index in [4.69, 9.17) is 52.1 Å². The molecule has 8 rings (SSSR count). The first-order valence-electron chi connectivity index (χ1n) is 20.3. The van der Waals surface area contributed by atoms with Gasteiger partial charge in [-0.3, -0.25) is 0 Å². The fraction of sp³-hybridized carbons (Fsp3) is 0.489. The zero-order valence-electron chi connectivity index (χ0n) is 34.0. The summed E-state index contributed by atoms with van der Waals surface area (Å²) >= 11 is 0. The first-order chi connectivity index (χ1) is 28.0. The van der Waals surface area contributed by atoms with Crippen LogP contribution in [0.3, 0.4) is 0 Å². The van der Waals surface area contributed by atoms with Gasteiger partial charge in [0.1, 0.15) is 48.8 Å². The molecule has 4 aromatic carbocycles. The Morgan fingerprint density at radius 1 is 0.448 bits per heavy atom. The summed E-state index contributed by atoms with van der Waals surface area (Å²) in [6, 6.07) is 40.2. The summed E-state index contributed by atoms with van der Waals surface area (Å²) in [5, 5.41) is 0. The molecule has 4 aliphatic heterocycles. The summed E-state index contributed by atoms with van der Waals surface area (Å²) in [5.74, 6) is -3.11. The van der Waals surface area contributed by atoms with Gasteiger partial charge in [-0.2, -0.15) is 0 Å². The molecule has 0 aromatic heterocycles. The molecular formula is C47H56O11. The van der Waals surface area contributed by atoms with Crippen molar-refractivity contribution in [2.75, 3.05) is 13.2 Å². The van der Waals surface area contributed by atoms with Gasteiger partial charge in [0.15, 0.2) is 23.7 Å². The Morgan fingerprint density at radius 2 is 0.914 bits per heavy atom. The van der Waals surface area contributed by atoms with Crippen LogP contribution in [-0.2, 0) is 78.5 Å². The molecule has 4 heterocycles. The quantitative estimate of drug-likeness (QED) is 0.113. The fourth-order valence-electron chi connectivity index (χ4n) is 8.23. The summed E-state index contributed by atoms with van der Waals surface area (Å²) < 4.78 is 73.1. The Kier molecular flexibility index (Phi) is 12.8. The average Bonchev–Trinajstić information content (AvgIpc) is 3.73. The van der Waals surface area contributed by atoms with Crippen molar-refractivity contribution in [3.8, 4) is 0 Å². The molecule has 0 amide bonds. The SMILES string of the molecule is CC1(C)O[C@H]2[C@@H](O1)[C@@H](CO[C@@]1(C)O[C@H](COCc3ccccc3)[C@@H](OCc3ccccc3)[C@H](OCc3ccccc3)[C@H]1OCc1ccccc1)O[C@@H]1OC(C)(C)O[C@@H]12. The van der Waals surface area contributed by atoms with Gasteiger partial charge in [0.25, 0.3) is 0 Å². The van der Waals surface area contributed by atoms with Crippen LogP contribution in [0.15, 0.2) is 121 Å². The Labute approximate surface area is 341 Å². The molecular weight excluding hydrogens is 741 g/mol. The Hall–Kier alpha value is -3.56. The second-order valence-electron chi connectivity index (χ2n) is 16.4. The number of hydrogen-bond acceptors (Lipinski definition) is 11. The lowest BCUT2D eigenvalue weighted by molar-refractivity contribution is -0.383. The molecule has 0 spiro atoms. The highest BCUT2D eigenvalue weighted by molar-refractivity contribution is 5.17. The van der Waals surface area contributed by atoms with Crippen LogP contribution in [0.2, 0.25) is 0 Å². The lowest BCUT2D eigenvalue weighted by Gasteiger charge is -2.51. The Bertz CT molecular complexity index is 1860. The van der Waals surface area contributed by atoms with Gasteiger partial charge in [-0.25, -0.2) is 0 Å². The van der Waals surface area contributed by atoms with Crippen molar-refractivity contribution in [2.45, 2.75) is 134 Å². The molecule has 11 nitrogen and oxygen atoms in total. The maximum atomic E-state index is 7.10. The summed E-state index contributed by atoms with van der Waals surface area (Å²) in [6.45, 7) is 11.0. The summed E-state index contributed by atoms with van der Waals surface area (Å²) in [7, 11) is 0. The normalized spacial score (nSPS) is 32.4. The van der Waals surface area contributed by atoms with Gasteiger partial charge in [0.2, 0.25) is 0 Å². The molecule has 4 saturated heterocycles. The minimum Gasteiger partial charge on any atom is -0.374 e. The third kappa shape index (κ3) is 9.89. The standard InChI is InChI=1S/C47H56O11/c1-45(2)55-39-36(53-44-42(40(39)56-45)57-46(3,4)58-44)31-52-47(5)43(51-29-35-24-16-9-17-25-35)41(50-28-34-22-14-8-15-23-34)38(49-27-33-20-12-7-13-21-33)37(54-47)30-48-26-32-18-10-6-11-19-32/h6-25,36-44H,26-31H2,1-5H3/t36-,37-,38-,39+,40+,41+,42-,43-,44-,47+/m1/s1. The van der Waals surface area contributed by atoms with Crippen LogP contribution in [0.4, 0.5) is 0 Å². The predicted molar refractivity (Wildman–Crippen MR) is 213 cm³/mol. The van der Waals surface area contributed by atoms with Crippen LogP contribution in [-0.4, -0.2) is 85.7 Å². The molecule has 0 unspecified atom stereocenters. The van der Waals surface area contributed by atoms with Crippen molar-refractivity contribution in [2.24, 2.45) is 0 Å². The fourth-order valence-corrected chi connectivity index (χ4v) is 8.23. The maximum Gasteiger partial charge on any atom is 0.195 e. The highest BCUT2D eigenvalue weighted by atomic mass is 16.9. The first kappa shape index (κ1) is 41.2. The van der Waals surface area contributed by atoms with Gasteiger partial charge in [-0.1, -0.05) is 121 Å². The average molecular weight is 797 g/mol. The molecule has 0 radical (unpaired) electrons. The number of hydrogen-bond donors (Lipinski definition) is 0. The minimum absolute atomic E-state index is 0.0633. The topological polar surface area (TPSA) is 102 Å². The lowest BCUT2D eigenvalue weighted by atomic mass is 9.92. The van der Waals surface area contributed by atoms with Gasteiger partial charge >= 0.3 is 0 Å². The molecule has 4 aromatic rings. The van der Waals surface area contributed by atoms with E-state index in [0.717, 1.165) is 22.3 Å². The third-order valence-electron chi connectivity index (χ3n) is 10.9. The second-order valence-corrected chi connectivity index (χ2v) is 16.4.